The number of carbonyl (C=O) groups excluding carboxylic acids is 1. The van der Waals surface area contributed by atoms with Crippen LogP contribution in [0.5, 0.6) is 0 Å². The lowest BCUT2D eigenvalue weighted by Crippen LogP contribution is -2.41. The van der Waals surface area contributed by atoms with E-state index in [9.17, 15) is 9.18 Å². The summed E-state index contributed by atoms with van der Waals surface area (Å²) in [6.07, 6.45) is 4.32. The summed E-state index contributed by atoms with van der Waals surface area (Å²) in [6.45, 7) is 1.29. The van der Waals surface area contributed by atoms with Gasteiger partial charge in [-0.3, -0.25) is 4.57 Å². The van der Waals surface area contributed by atoms with Gasteiger partial charge in [0.2, 0.25) is 0 Å². The smallest absolute Gasteiger partial charge is 0.321 e. The highest BCUT2D eigenvalue weighted by atomic mass is 19.1. The Morgan fingerprint density at radius 3 is 2.54 bits per heavy atom. The van der Waals surface area contributed by atoms with Crippen molar-refractivity contribution < 1.29 is 9.18 Å². The van der Waals surface area contributed by atoms with Crippen LogP contribution in [0.3, 0.4) is 0 Å². The number of piperidine rings is 1. The van der Waals surface area contributed by atoms with Crippen LogP contribution in [-0.2, 0) is 6.42 Å². The van der Waals surface area contributed by atoms with Crippen molar-refractivity contribution in [3.63, 3.8) is 0 Å². The quantitative estimate of drug-likeness (QED) is 0.748. The third kappa shape index (κ3) is 4.03. The monoisotopic (exact) mass is 379 g/mol. The number of halogens is 1. The molecule has 2 amide bonds. The zero-order valence-electron chi connectivity index (χ0n) is 15.5. The largest absolute Gasteiger partial charge is 0.325 e. The standard InChI is InChI=1S/C21H22FN5O/c22-18-8-4-5-9-19(18)24-21(28)26-12-10-16(11-13-26)14-20-25-23-15-27(20)17-6-2-1-3-7-17/h1-9,15-16H,10-14H2,(H,24,28). The molecule has 6 nitrogen and oxygen atoms in total. The first-order valence-electron chi connectivity index (χ1n) is 9.45. The highest BCUT2D eigenvalue weighted by Crippen LogP contribution is 2.23. The summed E-state index contributed by atoms with van der Waals surface area (Å²) in [6, 6.07) is 16.0. The van der Waals surface area contributed by atoms with Crippen molar-refractivity contribution in [3.05, 3.63) is 72.6 Å². The Bertz CT molecular complexity index is 935. The van der Waals surface area contributed by atoms with Crippen molar-refractivity contribution in [3.8, 4) is 5.69 Å². The van der Waals surface area contributed by atoms with Crippen molar-refractivity contribution in [2.45, 2.75) is 19.3 Å². The van der Waals surface area contributed by atoms with Gasteiger partial charge >= 0.3 is 6.03 Å². The van der Waals surface area contributed by atoms with Gasteiger partial charge in [0.25, 0.3) is 0 Å². The summed E-state index contributed by atoms with van der Waals surface area (Å²) in [7, 11) is 0. The number of hydrogen-bond acceptors (Lipinski definition) is 3. The first kappa shape index (κ1) is 18.2. The van der Waals surface area contributed by atoms with Gasteiger partial charge in [0, 0.05) is 25.2 Å². The second-order valence-corrected chi connectivity index (χ2v) is 7.00. The molecule has 144 valence electrons. The lowest BCUT2D eigenvalue weighted by Gasteiger charge is -2.32. The molecule has 1 aromatic heterocycles. The second kappa shape index (κ2) is 8.21. The Hall–Kier alpha value is -3.22. The topological polar surface area (TPSA) is 63.1 Å². The van der Waals surface area contributed by atoms with Crippen LogP contribution in [0.1, 0.15) is 18.7 Å². The van der Waals surface area contributed by atoms with Crippen molar-refractivity contribution >= 4 is 11.7 Å². The van der Waals surface area contributed by atoms with Gasteiger partial charge in [0.05, 0.1) is 5.69 Å². The summed E-state index contributed by atoms with van der Waals surface area (Å²) < 4.78 is 15.7. The fourth-order valence-electron chi connectivity index (χ4n) is 3.56. The summed E-state index contributed by atoms with van der Waals surface area (Å²) in [4.78, 5) is 14.1. The molecular formula is C21H22FN5O. The molecule has 0 bridgehead atoms. The maximum atomic E-state index is 13.7. The van der Waals surface area contributed by atoms with Crippen LogP contribution in [-0.4, -0.2) is 38.8 Å². The number of nitrogens with one attached hydrogen (secondary N) is 1. The van der Waals surface area contributed by atoms with E-state index in [1.165, 1.54) is 6.07 Å². The Labute approximate surface area is 163 Å². The van der Waals surface area contributed by atoms with Gasteiger partial charge < -0.3 is 10.2 Å². The normalized spacial score (nSPS) is 14.8. The maximum absolute atomic E-state index is 13.7. The molecule has 1 aliphatic heterocycles. The van der Waals surface area contributed by atoms with E-state index in [1.807, 2.05) is 34.9 Å². The summed E-state index contributed by atoms with van der Waals surface area (Å²) in [5.41, 5.74) is 1.26. The number of amides is 2. The molecule has 0 saturated carbocycles. The Kier molecular flexibility index (Phi) is 5.32. The molecule has 2 aromatic carbocycles. The zero-order chi connectivity index (χ0) is 19.3. The predicted octanol–water partition coefficient (Wildman–Crippen LogP) is 3.89. The Morgan fingerprint density at radius 1 is 1.07 bits per heavy atom. The molecule has 1 N–H and O–H groups in total. The Balaban J connectivity index is 1.33. The van der Waals surface area contributed by atoms with E-state index in [0.717, 1.165) is 30.8 Å². The number of rotatable bonds is 4. The first-order valence-corrected chi connectivity index (χ1v) is 9.45. The second-order valence-electron chi connectivity index (χ2n) is 7.00. The number of nitrogens with zero attached hydrogens (tertiary/aromatic N) is 4. The summed E-state index contributed by atoms with van der Waals surface area (Å²) >= 11 is 0. The Morgan fingerprint density at radius 2 is 1.79 bits per heavy atom. The van der Waals surface area contributed by atoms with Crippen LogP contribution in [0.2, 0.25) is 0 Å². The van der Waals surface area contributed by atoms with E-state index >= 15 is 0 Å². The van der Waals surface area contributed by atoms with Crippen LogP contribution in [0.4, 0.5) is 14.9 Å². The van der Waals surface area contributed by atoms with Gasteiger partial charge in [-0.2, -0.15) is 0 Å². The van der Waals surface area contributed by atoms with Gasteiger partial charge in [0.15, 0.2) is 0 Å². The van der Waals surface area contributed by atoms with Crippen LogP contribution in [0, 0.1) is 11.7 Å². The molecule has 0 aliphatic carbocycles. The number of carbonyl (C=O) groups is 1. The molecule has 0 radical (unpaired) electrons. The number of likely N-dealkylation sites (tertiary alicyclic amines) is 1. The van der Waals surface area contributed by atoms with Gasteiger partial charge in [-0.1, -0.05) is 30.3 Å². The average Bonchev–Trinajstić information content (AvgIpc) is 3.19. The van der Waals surface area contributed by atoms with Gasteiger partial charge in [0.1, 0.15) is 18.0 Å². The zero-order valence-corrected chi connectivity index (χ0v) is 15.5. The fraction of sp³-hybridized carbons (Fsp3) is 0.286. The van der Waals surface area contributed by atoms with Crippen molar-refractivity contribution in [1.82, 2.24) is 19.7 Å². The van der Waals surface area contributed by atoms with Crippen molar-refractivity contribution in [2.24, 2.45) is 5.92 Å². The van der Waals surface area contributed by atoms with E-state index in [0.29, 0.717) is 19.0 Å². The van der Waals surface area contributed by atoms with Crippen LogP contribution in [0.15, 0.2) is 60.9 Å². The number of hydrogen-bond donors (Lipinski definition) is 1. The van der Waals surface area contributed by atoms with Crippen LogP contribution >= 0.6 is 0 Å². The molecule has 3 aromatic rings. The van der Waals surface area contributed by atoms with Gasteiger partial charge in [-0.25, -0.2) is 9.18 Å². The number of benzene rings is 2. The number of anilines is 1. The molecule has 4 rings (SSSR count). The third-order valence-corrected chi connectivity index (χ3v) is 5.14. The minimum Gasteiger partial charge on any atom is -0.325 e. The lowest BCUT2D eigenvalue weighted by molar-refractivity contribution is 0.181. The number of aromatic nitrogens is 3. The maximum Gasteiger partial charge on any atom is 0.321 e. The van der Waals surface area contributed by atoms with E-state index in [1.54, 1.807) is 29.4 Å². The van der Waals surface area contributed by atoms with E-state index in [-0.39, 0.29) is 11.7 Å². The van der Waals surface area contributed by atoms with Gasteiger partial charge in [-0.05, 0) is 43.0 Å². The molecule has 1 fully saturated rings. The lowest BCUT2D eigenvalue weighted by atomic mass is 9.93. The number of urea groups is 1. The summed E-state index contributed by atoms with van der Waals surface area (Å²) in [5.74, 6) is 0.940. The van der Waals surface area contributed by atoms with E-state index < -0.39 is 5.82 Å². The minimum absolute atomic E-state index is 0.214. The van der Waals surface area contributed by atoms with E-state index in [2.05, 4.69) is 15.5 Å². The minimum atomic E-state index is -0.425. The van der Waals surface area contributed by atoms with E-state index in [4.69, 9.17) is 0 Å². The molecule has 1 aliphatic rings. The van der Waals surface area contributed by atoms with Crippen LogP contribution < -0.4 is 5.32 Å². The predicted molar refractivity (Wildman–Crippen MR) is 105 cm³/mol. The molecule has 7 heteroatoms. The molecular weight excluding hydrogens is 357 g/mol. The molecule has 0 spiro atoms. The van der Waals surface area contributed by atoms with Crippen LogP contribution in [0.25, 0.3) is 5.69 Å². The number of para-hydroxylation sites is 2. The average molecular weight is 379 g/mol. The fourth-order valence-corrected chi connectivity index (χ4v) is 3.56. The highest BCUT2D eigenvalue weighted by molar-refractivity contribution is 5.89. The van der Waals surface area contributed by atoms with Gasteiger partial charge in [-0.15, -0.1) is 10.2 Å². The molecule has 1 saturated heterocycles. The molecule has 0 atom stereocenters. The molecule has 28 heavy (non-hydrogen) atoms. The molecule has 0 unspecified atom stereocenters. The van der Waals surface area contributed by atoms with Crippen molar-refractivity contribution in [1.29, 1.82) is 0 Å². The highest BCUT2D eigenvalue weighted by Gasteiger charge is 2.25. The first-order chi connectivity index (χ1) is 13.7. The summed E-state index contributed by atoms with van der Waals surface area (Å²) in [5, 5.41) is 11.0. The van der Waals surface area contributed by atoms with Crippen molar-refractivity contribution in [2.75, 3.05) is 18.4 Å². The third-order valence-electron chi connectivity index (χ3n) is 5.14. The SMILES string of the molecule is O=C(Nc1ccccc1F)N1CCC(Cc2nncn2-c2ccccc2)CC1. The molecule has 2 heterocycles.